The molecule has 4 atom stereocenters. The third kappa shape index (κ3) is 15.2. The molecular weight excluding hydrogens is 749 g/mol. The molecule has 20 heteroatoms. The Balaban J connectivity index is 2.07. The summed E-state index contributed by atoms with van der Waals surface area (Å²) < 4.78 is 26.7. The van der Waals surface area contributed by atoms with Gasteiger partial charge >= 0.3 is 0 Å². The van der Waals surface area contributed by atoms with Gasteiger partial charge in [0.25, 0.3) is 5.91 Å². The number of nitrogens with two attached hydrogens (primary N) is 2. The van der Waals surface area contributed by atoms with Crippen LogP contribution in [0.2, 0.25) is 0 Å². The minimum absolute atomic E-state index is 0.0178. The van der Waals surface area contributed by atoms with E-state index in [0.717, 1.165) is 10.9 Å². The third-order valence-corrected chi connectivity index (χ3v) is 10.2. The molecule has 0 bridgehead atoms. The molecule has 4 unspecified atom stereocenters. The van der Waals surface area contributed by atoms with E-state index in [9.17, 15) is 42.0 Å². The van der Waals surface area contributed by atoms with Crippen molar-refractivity contribution in [3.8, 4) is 0 Å². The quantitative estimate of drug-likeness (QED) is 0.0191. The Morgan fingerprint density at radius 1 is 0.732 bits per heavy atom. The molecule has 0 aromatic heterocycles. The minimum Gasteiger partial charge on any atom is -0.370 e. The Morgan fingerprint density at radius 2 is 1.34 bits per heavy atom. The molecule has 2 rings (SSSR count). The van der Waals surface area contributed by atoms with E-state index >= 15 is 0 Å². The van der Waals surface area contributed by atoms with Crippen LogP contribution in [0.3, 0.4) is 0 Å². The molecule has 0 saturated heterocycles. The minimum atomic E-state index is -3.73. The molecule has 0 fully saturated rings. The van der Waals surface area contributed by atoms with E-state index in [4.69, 9.17) is 16.9 Å². The molecule has 0 radical (unpaired) electrons. The predicted molar refractivity (Wildman–Crippen MR) is 208 cm³/mol. The summed E-state index contributed by atoms with van der Waals surface area (Å²) in [5, 5.41) is 26.3. The summed E-state index contributed by atoms with van der Waals surface area (Å²) in [5.74, 6) is -5.33. The molecule has 0 aliphatic heterocycles. The first-order valence-corrected chi connectivity index (χ1v) is 19.8. The molecule has 308 valence electrons. The van der Waals surface area contributed by atoms with Gasteiger partial charge in [0, 0.05) is 11.9 Å². The van der Waals surface area contributed by atoms with E-state index in [1.54, 1.807) is 18.2 Å². The standard InChI is InChI=1S/C36H54N10O9S/c1-21(2)24-10-7-12-26-25(24)11-8-15-29(26)56(54,55)20-40-16-6-5-13-27(45-30(48)18-42-31(49)19-47)34(52)44-23(4)33(51)46-28(14-9-17-41-36(38)39)35(53)43-22(3)32(37)50/h7-8,10-12,15,19,21-23,27-28,40H,5-6,9,13-14,16-18,20H2,1-4H3,(H2,37,50)(H,42,49)(H,43,53)(H,44,52)(H,45,48)(H,46,51)(H4,38,39,41). The van der Waals surface area contributed by atoms with Gasteiger partial charge in [-0.15, -0.1) is 0 Å². The maximum absolute atomic E-state index is 13.4. The van der Waals surface area contributed by atoms with Crippen molar-refractivity contribution >= 4 is 68.3 Å². The van der Waals surface area contributed by atoms with Crippen molar-refractivity contribution in [2.24, 2.45) is 11.5 Å². The first-order chi connectivity index (χ1) is 26.4. The maximum atomic E-state index is 13.4. The largest absolute Gasteiger partial charge is 0.370 e. The zero-order valence-electron chi connectivity index (χ0n) is 32.0. The number of amides is 6. The SMILES string of the molecule is CC(NC(=O)C(CCCNC(=N)N)NC(=O)C(C)NC(=O)C(CCCCNCS(=O)(=O)c1cccc2c(C(C)C)cccc12)NC(=O)CNC(=O)C=O)C(N)=O. The lowest BCUT2D eigenvalue weighted by Gasteiger charge is -2.24. The normalized spacial score (nSPS) is 13.4. The van der Waals surface area contributed by atoms with Gasteiger partial charge < -0.3 is 48.7 Å². The van der Waals surface area contributed by atoms with Crippen LogP contribution in [0.1, 0.15) is 71.3 Å². The molecule has 12 N–H and O–H groups in total. The molecular formula is C36H54N10O9S. The summed E-state index contributed by atoms with van der Waals surface area (Å²) in [5.41, 5.74) is 11.6. The Morgan fingerprint density at radius 3 is 1.96 bits per heavy atom. The topological polar surface area (TPSA) is 314 Å². The number of benzene rings is 2. The van der Waals surface area contributed by atoms with Crippen LogP contribution in [0.25, 0.3) is 10.8 Å². The molecule has 6 amide bonds. The van der Waals surface area contributed by atoms with Crippen molar-refractivity contribution in [1.82, 2.24) is 37.2 Å². The molecule has 2 aromatic carbocycles. The highest BCUT2D eigenvalue weighted by Gasteiger charge is 2.28. The molecule has 0 saturated carbocycles. The zero-order valence-corrected chi connectivity index (χ0v) is 32.8. The lowest BCUT2D eigenvalue weighted by atomic mass is 9.96. The first kappa shape index (κ1) is 46.5. The lowest BCUT2D eigenvalue weighted by Crippen LogP contribution is -2.57. The number of carbonyl (C=O) groups is 7. The number of aldehydes is 1. The second-order valence-electron chi connectivity index (χ2n) is 13.5. The van der Waals surface area contributed by atoms with E-state index in [1.807, 2.05) is 32.0 Å². The Bertz CT molecular complexity index is 1860. The van der Waals surface area contributed by atoms with Gasteiger partial charge in [-0.2, -0.15) is 0 Å². The molecule has 19 nitrogen and oxygen atoms in total. The van der Waals surface area contributed by atoms with E-state index in [1.165, 1.54) is 13.8 Å². The molecule has 56 heavy (non-hydrogen) atoms. The van der Waals surface area contributed by atoms with E-state index < -0.39 is 76.0 Å². The van der Waals surface area contributed by atoms with Gasteiger partial charge in [0.1, 0.15) is 30.0 Å². The van der Waals surface area contributed by atoms with Gasteiger partial charge in [-0.05, 0) is 75.4 Å². The highest BCUT2D eigenvalue weighted by molar-refractivity contribution is 7.91. The van der Waals surface area contributed by atoms with Crippen molar-refractivity contribution in [2.75, 3.05) is 25.5 Å². The number of fused-ring (bicyclic) bond motifs is 1. The monoisotopic (exact) mass is 802 g/mol. The molecule has 2 aromatic rings. The van der Waals surface area contributed by atoms with Crippen molar-refractivity contribution in [3.63, 3.8) is 0 Å². The Kier molecular flexibility index (Phi) is 18.8. The number of hydrogen-bond donors (Lipinski definition) is 10. The predicted octanol–water partition coefficient (Wildman–Crippen LogP) is -1.50. The van der Waals surface area contributed by atoms with E-state index in [2.05, 4.69) is 37.2 Å². The fraction of sp³-hybridized carbons (Fsp3) is 0.500. The van der Waals surface area contributed by atoms with Gasteiger partial charge in [-0.1, -0.05) is 44.2 Å². The van der Waals surface area contributed by atoms with E-state index in [-0.39, 0.29) is 61.3 Å². The van der Waals surface area contributed by atoms with Gasteiger partial charge in [-0.3, -0.25) is 39.0 Å². The van der Waals surface area contributed by atoms with E-state index in [0.29, 0.717) is 18.2 Å². The number of unbranched alkanes of at least 4 members (excludes halogenated alkanes) is 1. The third-order valence-electron chi connectivity index (χ3n) is 8.60. The number of hydrogen-bond acceptors (Lipinski definition) is 11. The smallest absolute Gasteiger partial charge is 0.284 e. The maximum Gasteiger partial charge on any atom is 0.284 e. The van der Waals surface area contributed by atoms with Crippen molar-refractivity contribution in [2.45, 2.75) is 94.8 Å². The van der Waals surface area contributed by atoms with Crippen LogP contribution >= 0.6 is 0 Å². The van der Waals surface area contributed by atoms with Crippen LogP contribution in [0.5, 0.6) is 0 Å². The number of nitrogens with one attached hydrogen (secondary N) is 8. The van der Waals surface area contributed by atoms with Crippen molar-refractivity contribution in [3.05, 3.63) is 42.0 Å². The fourth-order valence-corrected chi connectivity index (χ4v) is 6.91. The average molecular weight is 803 g/mol. The van der Waals surface area contributed by atoms with Crippen molar-refractivity contribution < 1.29 is 42.0 Å². The highest BCUT2D eigenvalue weighted by Crippen LogP contribution is 2.30. The van der Waals surface area contributed by atoms with Crippen LogP contribution < -0.4 is 48.7 Å². The van der Waals surface area contributed by atoms with Crippen LogP contribution in [0.4, 0.5) is 0 Å². The summed E-state index contributed by atoms with van der Waals surface area (Å²) in [4.78, 5) is 85.7. The number of carbonyl (C=O) groups excluding carboxylic acids is 7. The molecule has 0 aliphatic rings. The summed E-state index contributed by atoms with van der Waals surface area (Å²) in [6.07, 6.45) is 1.07. The highest BCUT2D eigenvalue weighted by atomic mass is 32.2. The summed E-state index contributed by atoms with van der Waals surface area (Å²) in [7, 11) is -3.73. The van der Waals surface area contributed by atoms with Gasteiger partial charge in [0.2, 0.25) is 35.8 Å². The van der Waals surface area contributed by atoms with Crippen LogP contribution in [0.15, 0.2) is 41.3 Å². The zero-order chi connectivity index (χ0) is 42.0. The van der Waals surface area contributed by atoms with Gasteiger partial charge in [-0.25, -0.2) is 8.42 Å². The molecule has 0 aliphatic carbocycles. The first-order valence-electron chi connectivity index (χ1n) is 18.1. The van der Waals surface area contributed by atoms with Crippen LogP contribution in [-0.2, 0) is 43.4 Å². The summed E-state index contributed by atoms with van der Waals surface area (Å²) in [6.45, 7) is 6.63. The summed E-state index contributed by atoms with van der Waals surface area (Å²) in [6, 6.07) is 6.12. The fourth-order valence-electron chi connectivity index (χ4n) is 5.55. The lowest BCUT2D eigenvalue weighted by molar-refractivity contribution is -0.134. The Labute approximate surface area is 326 Å². The molecule has 0 spiro atoms. The number of guanidine groups is 1. The Hall–Kier alpha value is -5.63. The summed E-state index contributed by atoms with van der Waals surface area (Å²) >= 11 is 0. The van der Waals surface area contributed by atoms with Crippen LogP contribution in [-0.4, -0.2) is 106 Å². The second-order valence-corrected chi connectivity index (χ2v) is 15.4. The molecule has 0 heterocycles. The van der Waals surface area contributed by atoms with Gasteiger partial charge in [0.15, 0.2) is 15.8 Å². The van der Waals surface area contributed by atoms with Crippen LogP contribution in [0, 0.1) is 5.41 Å². The second kappa shape index (κ2) is 22.7. The van der Waals surface area contributed by atoms with Crippen molar-refractivity contribution in [1.29, 1.82) is 5.41 Å². The van der Waals surface area contributed by atoms with Gasteiger partial charge in [0.05, 0.1) is 11.4 Å². The number of sulfone groups is 1. The number of primary amides is 1. The number of rotatable bonds is 24. The average Bonchev–Trinajstić information content (AvgIpc) is 3.14.